The molecule has 1 aliphatic rings. The van der Waals surface area contributed by atoms with E-state index in [1.807, 2.05) is 26.0 Å². The number of aliphatic imine (C=N–C) groups is 1. The van der Waals surface area contributed by atoms with Crippen LogP contribution >= 0.6 is 12.2 Å². The summed E-state index contributed by atoms with van der Waals surface area (Å²) in [6, 6.07) is 5.46. The van der Waals surface area contributed by atoms with Crippen LogP contribution in [0.15, 0.2) is 23.2 Å². The number of fused-ring (bicyclic) bond motifs is 1. The van der Waals surface area contributed by atoms with Gasteiger partial charge in [-0.25, -0.2) is 0 Å². The molecule has 1 atom stereocenters. The average molecular weight is 221 g/mol. The fourth-order valence-electron chi connectivity index (χ4n) is 1.41. The molecule has 0 fully saturated rings. The zero-order chi connectivity index (χ0) is 10.9. The van der Waals surface area contributed by atoms with Gasteiger partial charge in [-0.1, -0.05) is 6.92 Å². The van der Waals surface area contributed by atoms with Crippen molar-refractivity contribution in [2.45, 2.75) is 26.1 Å². The average Bonchev–Trinajstić information content (AvgIpc) is 2.55. The van der Waals surface area contributed by atoms with Crippen molar-refractivity contribution in [1.82, 2.24) is 0 Å². The Bertz CT molecular complexity index is 440. The van der Waals surface area contributed by atoms with E-state index < -0.39 is 5.79 Å². The minimum absolute atomic E-state index is 0.553. The second-order valence-electron chi connectivity index (χ2n) is 3.53. The Kier molecular flexibility index (Phi) is 2.47. The molecule has 2 rings (SSSR count). The predicted octanol–water partition coefficient (Wildman–Crippen LogP) is 3.32. The molecule has 0 amide bonds. The summed E-state index contributed by atoms with van der Waals surface area (Å²) in [5, 5.41) is 2.32. The van der Waals surface area contributed by atoms with Gasteiger partial charge >= 0.3 is 0 Å². The molecule has 0 radical (unpaired) electrons. The van der Waals surface area contributed by atoms with Crippen LogP contribution in [0.3, 0.4) is 0 Å². The molecule has 0 saturated heterocycles. The smallest absolute Gasteiger partial charge is 0.248 e. The number of rotatable bonds is 2. The zero-order valence-electron chi connectivity index (χ0n) is 8.61. The highest BCUT2D eigenvalue weighted by Crippen LogP contribution is 2.42. The SMILES string of the molecule is CCC1(C)Oc2ccc(N=C=S)cc2O1. The van der Waals surface area contributed by atoms with Gasteiger partial charge in [-0.2, -0.15) is 4.99 Å². The highest BCUT2D eigenvalue weighted by molar-refractivity contribution is 7.78. The van der Waals surface area contributed by atoms with Gasteiger partial charge in [0.05, 0.1) is 10.8 Å². The Morgan fingerprint density at radius 3 is 2.80 bits per heavy atom. The van der Waals surface area contributed by atoms with E-state index in [4.69, 9.17) is 9.47 Å². The normalized spacial score (nSPS) is 22.3. The van der Waals surface area contributed by atoms with Crippen LogP contribution in [-0.4, -0.2) is 10.9 Å². The van der Waals surface area contributed by atoms with Gasteiger partial charge in [0.2, 0.25) is 5.79 Å². The third-order valence-corrected chi connectivity index (χ3v) is 2.49. The first-order valence-electron chi connectivity index (χ1n) is 4.77. The molecule has 4 heteroatoms. The molecular weight excluding hydrogens is 210 g/mol. The number of benzene rings is 1. The molecule has 0 aromatic heterocycles. The molecule has 0 spiro atoms. The highest BCUT2D eigenvalue weighted by atomic mass is 32.1. The molecule has 1 aromatic rings. The van der Waals surface area contributed by atoms with E-state index in [2.05, 4.69) is 22.4 Å². The Morgan fingerprint density at radius 2 is 2.13 bits per heavy atom. The van der Waals surface area contributed by atoms with Crippen LogP contribution in [-0.2, 0) is 0 Å². The van der Waals surface area contributed by atoms with Crippen molar-refractivity contribution < 1.29 is 9.47 Å². The summed E-state index contributed by atoms with van der Waals surface area (Å²) in [4.78, 5) is 3.89. The summed E-state index contributed by atoms with van der Waals surface area (Å²) in [5.74, 6) is 0.913. The Hall–Kier alpha value is -1.38. The molecule has 3 nitrogen and oxygen atoms in total. The van der Waals surface area contributed by atoms with E-state index in [9.17, 15) is 0 Å². The first kappa shape index (κ1) is 10.1. The van der Waals surface area contributed by atoms with Gasteiger partial charge in [0.25, 0.3) is 0 Å². The summed E-state index contributed by atoms with van der Waals surface area (Å²) >= 11 is 4.54. The van der Waals surface area contributed by atoms with Gasteiger partial charge in [-0.05, 0) is 24.4 Å². The number of nitrogens with zero attached hydrogens (tertiary/aromatic N) is 1. The molecule has 0 bridgehead atoms. The molecule has 1 aromatic carbocycles. The zero-order valence-corrected chi connectivity index (χ0v) is 9.43. The van der Waals surface area contributed by atoms with E-state index >= 15 is 0 Å². The van der Waals surface area contributed by atoms with Crippen molar-refractivity contribution >= 4 is 23.1 Å². The predicted molar refractivity (Wildman–Crippen MR) is 61.1 cm³/mol. The first-order valence-corrected chi connectivity index (χ1v) is 5.17. The number of hydrogen-bond acceptors (Lipinski definition) is 4. The maximum Gasteiger partial charge on any atom is 0.248 e. The van der Waals surface area contributed by atoms with Crippen LogP contribution in [0.5, 0.6) is 11.5 Å². The Balaban J connectivity index is 2.35. The molecule has 78 valence electrons. The largest absolute Gasteiger partial charge is 0.449 e. The lowest BCUT2D eigenvalue weighted by atomic mass is 10.2. The topological polar surface area (TPSA) is 30.8 Å². The minimum Gasteiger partial charge on any atom is -0.449 e. The summed E-state index contributed by atoms with van der Waals surface area (Å²) in [5.41, 5.74) is 0.729. The Morgan fingerprint density at radius 1 is 1.40 bits per heavy atom. The fourth-order valence-corrected chi connectivity index (χ4v) is 1.52. The maximum atomic E-state index is 5.69. The molecule has 15 heavy (non-hydrogen) atoms. The highest BCUT2D eigenvalue weighted by Gasteiger charge is 2.34. The minimum atomic E-state index is -0.553. The van der Waals surface area contributed by atoms with Crippen LogP contribution in [0.2, 0.25) is 0 Å². The van der Waals surface area contributed by atoms with E-state index in [0.29, 0.717) is 5.75 Å². The van der Waals surface area contributed by atoms with E-state index in [1.54, 1.807) is 6.07 Å². The monoisotopic (exact) mass is 221 g/mol. The Labute approximate surface area is 93.7 Å². The molecule has 0 N–H and O–H groups in total. The van der Waals surface area contributed by atoms with Gasteiger partial charge in [0.1, 0.15) is 0 Å². The van der Waals surface area contributed by atoms with Crippen molar-refractivity contribution in [2.24, 2.45) is 4.99 Å². The quantitative estimate of drug-likeness (QED) is 0.567. The molecule has 1 aliphatic heterocycles. The molecule has 0 aliphatic carbocycles. The van der Waals surface area contributed by atoms with Crippen molar-refractivity contribution in [3.63, 3.8) is 0 Å². The molecule has 1 unspecified atom stereocenters. The number of thiocarbonyl (C=S) groups is 1. The molecular formula is C11H11NO2S. The first-order chi connectivity index (χ1) is 7.17. The van der Waals surface area contributed by atoms with Crippen LogP contribution < -0.4 is 9.47 Å². The molecule has 1 heterocycles. The third kappa shape index (κ3) is 1.87. The van der Waals surface area contributed by atoms with E-state index in [1.165, 1.54) is 0 Å². The van der Waals surface area contributed by atoms with Gasteiger partial charge in [0, 0.05) is 19.4 Å². The summed E-state index contributed by atoms with van der Waals surface area (Å²) in [6.45, 7) is 3.93. The third-order valence-electron chi connectivity index (χ3n) is 2.40. The summed E-state index contributed by atoms with van der Waals surface area (Å²) in [7, 11) is 0. The number of ether oxygens (including phenoxy) is 2. The summed E-state index contributed by atoms with van der Waals surface area (Å²) in [6.07, 6.45) is 0.785. The lowest BCUT2D eigenvalue weighted by molar-refractivity contribution is -0.0640. The van der Waals surface area contributed by atoms with Gasteiger partial charge < -0.3 is 9.47 Å². The van der Waals surface area contributed by atoms with Gasteiger partial charge in [0.15, 0.2) is 11.5 Å². The molecule has 0 saturated carbocycles. The summed E-state index contributed by atoms with van der Waals surface area (Å²) < 4.78 is 11.4. The lowest BCUT2D eigenvalue weighted by Gasteiger charge is -2.20. The standard InChI is InChI=1S/C11H11NO2S/c1-3-11(2)13-9-5-4-8(12-7-15)6-10(9)14-11/h4-6H,3H2,1-2H3. The van der Waals surface area contributed by atoms with Crippen LogP contribution in [0, 0.1) is 0 Å². The van der Waals surface area contributed by atoms with E-state index in [0.717, 1.165) is 17.9 Å². The van der Waals surface area contributed by atoms with Crippen molar-refractivity contribution in [2.75, 3.05) is 0 Å². The van der Waals surface area contributed by atoms with Gasteiger partial charge in [-0.3, -0.25) is 0 Å². The van der Waals surface area contributed by atoms with Crippen molar-refractivity contribution in [3.8, 4) is 11.5 Å². The fraction of sp³-hybridized carbons (Fsp3) is 0.364. The van der Waals surface area contributed by atoms with E-state index in [-0.39, 0.29) is 0 Å². The van der Waals surface area contributed by atoms with Crippen molar-refractivity contribution in [1.29, 1.82) is 0 Å². The maximum absolute atomic E-state index is 5.69. The number of isothiocyanates is 1. The van der Waals surface area contributed by atoms with Crippen molar-refractivity contribution in [3.05, 3.63) is 18.2 Å². The number of hydrogen-bond donors (Lipinski definition) is 0. The van der Waals surface area contributed by atoms with Crippen LogP contribution in [0.1, 0.15) is 20.3 Å². The second kappa shape index (κ2) is 3.65. The lowest BCUT2D eigenvalue weighted by Crippen LogP contribution is -2.33. The van der Waals surface area contributed by atoms with Crippen LogP contribution in [0.25, 0.3) is 0 Å². The van der Waals surface area contributed by atoms with Crippen LogP contribution in [0.4, 0.5) is 5.69 Å². The van der Waals surface area contributed by atoms with Gasteiger partial charge in [-0.15, -0.1) is 0 Å². The second-order valence-corrected chi connectivity index (χ2v) is 3.71.